The molecule has 0 radical (unpaired) electrons. The van der Waals surface area contributed by atoms with Gasteiger partial charge in [0, 0.05) is 19.5 Å². The first-order chi connectivity index (χ1) is 11.1. The maximum atomic E-state index is 12.5. The number of nitrogens with zero attached hydrogens (tertiary/aromatic N) is 1. The minimum atomic E-state index is 0. The predicted octanol–water partition coefficient (Wildman–Crippen LogP) is 3.67. The standard InChI is InChI=1S/C20H30N2O.ClH/c1-20(11-9-17-5-3-2-4-6-17)12-14-22(16-20)19(23)8-7-18-10-13-21-15-18;/h2-6,18,21H,7-16H2,1H3;1H. The normalized spacial score (nSPS) is 26.4. The van der Waals surface area contributed by atoms with Crippen LogP contribution < -0.4 is 5.32 Å². The molecule has 2 aliphatic heterocycles. The fraction of sp³-hybridized carbons (Fsp3) is 0.650. The first-order valence-corrected chi connectivity index (χ1v) is 9.17. The van der Waals surface area contributed by atoms with Gasteiger partial charge in [-0.05, 0) is 62.1 Å². The molecule has 1 N–H and O–H groups in total. The van der Waals surface area contributed by atoms with Gasteiger partial charge in [-0.3, -0.25) is 4.79 Å². The molecule has 2 fully saturated rings. The Balaban J connectivity index is 0.00000208. The minimum Gasteiger partial charge on any atom is -0.342 e. The molecule has 2 atom stereocenters. The highest BCUT2D eigenvalue weighted by Crippen LogP contribution is 2.35. The molecule has 2 saturated heterocycles. The van der Waals surface area contributed by atoms with Gasteiger partial charge >= 0.3 is 0 Å². The summed E-state index contributed by atoms with van der Waals surface area (Å²) in [4.78, 5) is 14.6. The first kappa shape index (κ1) is 19.3. The third kappa shape index (κ3) is 5.22. The van der Waals surface area contributed by atoms with Gasteiger partial charge in [0.15, 0.2) is 0 Å². The van der Waals surface area contributed by atoms with Crippen LogP contribution in [-0.4, -0.2) is 37.0 Å². The SMILES string of the molecule is CC1(CCc2ccccc2)CCN(C(=O)CCC2CCNC2)C1.Cl. The number of carbonyl (C=O) groups excluding carboxylic acids is 1. The molecule has 3 nitrogen and oxygen atoms in total. The second-order valence-corrected chi connectivity index (χ2v) is 7.76. The second kappa shape index (κ2) is 8.87. The van der Waals surface area contributed by atoms with E-state index >= 15 is 0 Å². The summed E-state index contributed by atoms with van der Waals surface area (Å²) in [5.41, 5.74) is 1.70. The molecule has 2 unspecified atom stereocenters. The van der Waals surface area contributed by atoms with Gasteiger partial charge in [0.1, 0.15) is 0 Å². The van der Waals surface area contributed by atoms with Crippen molar-refractivity contribution in [1.29, 1.82) is 0 Å². The summed E-state index contributed by atoms with van der Waals surface area (Å²) in [5, 5.41) is 3.39. The van der Waals surface area contributed by atoms with Crippen molar-refractivity contribution in [2.45, 2.75) is 45.4 Å². The van der Waals surface area contributed by atoms with Crippen LogP contribution in [0.5, 0.6) is 0 Å². The fourth-order valence-electron chi connectivity index (χ4n) is 3.98. The van der Waals surface area contributed by atoms with Crippen molar-refractivity contribution in [1.82, 2.24) is 10.2 Å². The summed E-state index contributed by atoms with van der Waals surface area (Å²) in [5.74, 6) is 1.09. The molecular weight excluding hydrogens is 320 g/mol. The number of amides is 1. The van der Waals surface area contributed by atoms with E-state index < -0.39 is 0 Å². The lowest BCUT2D eigenvalue weighted by Crippen LogP contribution is -2.31. The Hall–Kier alpha value is -1.06. The Morgan fingerprint density at radius 3 is 2.83 bits per heavy atom. The summed E-state index contributed by atoms with van der Waals surface area (Å²) in [7, 11) is 0. The van der Waals surface area contributed by atoms with E-state index in [1.54, 1.807) is 0 Å². The highest BCUT2D eigenvalue weighted by molar-refractivity contribution is 5.85. The molecule has 4 heteroatoms. The lowest BCUT2D eigenvalue weighted by molar-refractivity contribution is -0.130. The summed E-state index contributed by atoms with van der Waals surface area (Å²) >= 11 is 0. The third-order valence-electron chi connectivity index (χ3n) is 5.70. The van der Waals surface area contributed by atoms with Gasteiger partial charge in [0.05, 0.1) is 0 Å². The van der Waals surface area contributed by atoms with Crippen molar-refractivity contribution in [3.8, 4) is 0 Å². The predicted molar refractivity (Wildman–Crippen MR) is 102 cm³/mol. The van der Waals surface area contributed by atoms with Crippen molar-refractivity contribution < 1.29 is 4.79 Å². The maximum absolute atomic E-state index is 12.5. The summed E-state index contributed by atoms with van der Waals surface area (Å²) < 4.78 is 0. The first-order valence-electron chi connectivity index (χ1n) is 9.17. The van der Waals surface area contributed by atoms with E-state index in [4.69, 9.17) is 0 Å². The van der Waals surface area contributed by atoms with E-state index in [1.807, 2.05) is 0 Å². The van der Waals surface area contributed by atoms with Crippen LogP contribution in [0.3, 0.4) is 0 Å². The fourth-order valence-corrected chi connectivity index (χ4v) is 3.98. The summed E-state index contributed by atoms with van der Waals surface area (Å²) in [6.45, 7) is 6.47. The molecule has 2 heterocycles. The molecule has 1 aromatic carbocycles. The van der Waals surface area contributed by atoms with E-state index in [1.165, 1.54) is 18.4 Å². The van der Waals surface area contributed by atoms with Crippen LogP contribution in [0.15, 0.2) is 30.3 Å². The van der Waals surface area contributed by atoms with Crippen molar-refractivity contribution in [3.05, 3.63) is 35.9 Å². The van der Waals surface area contributed by atoms with Gasteiger partial charge in [-0.2, -0.15) is 0 Å². The number of rotatable bonds is 6. The zero-order valence-corrected chi connectivity index (χ0v) is 15.6. The Bertz CT molecular complexity index is 516. The highest BCUT2D eigenvalue weighted by Gasteiger charge is 2.35. The van der Waals surface area contributed by atoms with E-state index in [0.717, 1.165) is 51.9 Å². The van der Waals surface area contributed by atoms with Crippen molar-refractivity contribution in [3.63, 3.8) is 0 Å². The molecule has 2 aliphatic rings. The van der Waals surface area contributed by atoms with Crippen molar-refractivity contribution in [2.24, 2.45) is 11.3 Å². The number of likely N-dealkylation sites (tertiary alicyclic amines) is 1. The topological polar surface area (TPSA) is 32.3 Å². The average Bonchev–Trinajstić information content (AvgIpc) is 3.22. The van der Waals surface area contributed by atoms with Gasteiger partial charge < -0.3 is 10.2 Å². The Labute approximate surface area is 152 Å². The van der Waals surface area contributed by atoms with E-state index in [9.17, 15) is 4.79 Å². The second-order valence-electron chi connectivity index (χ2n) is 7.76. The Kier molecular flexibility index (Phi) is 7.12. The minimum absolute atomic E-state index is 0. The molecule has 0 aliphatic carbocycles. The molecular formula is C20H31ClN2O. The van der Waals surface area contributed by atoms with Crippen LogP contribution >= 0.6 is 12.4 Å². The third-order valence-corrected chi connectivity index (χ3v) is 5.70. The largest absolute Gasteiger partial charge is 0.342 e. The zero-order valence-electron chi connectivity index (χ0n) is 14.8. The Morgan fingerprint density at radius 1 is 1.33 bits per heavy atom. The monoisotopic (exact) mass is 350 g/mol. The molecule has 0 spiro atoms. The quantitative estimate of drug-likeness (QED) is 0.849. The number of aryl methyl sites for hydroxylation is 1. The molecule has 134 valence electrons. The average molecular weight is 351 g/mol. The van der Waals surface area contributed by atoms with Crippen molar-refractivity contribution >= 4 is 18.3 Å². The van der Waals surface area contributed by atoms with Crippen LogP contribution in [0.1, 0.15) is 44.6 Å². The van der Waals surface area contributed by atoms with Gasteiger partial charge in [-0.1, -0.05) is 37.3 Å². The van der Waals surface area contributed by atoms with Crippen LogP contribution in [0.25, 0.3) is 0 Å². The lowest BCUT2D eigenvalue weighted by Gasteiger charge is -2.25. The van der Waals surface area contributed by atoms with Crippen LogP contribution in [0.4, 0.5) is 0 Å². The molecule has 24 heavy (non-hydrogen) atoms. The highest BCUT2D eigenvalue weighted by atomic mass is 35.5. The molecule has 0 saturated carbocycles. The van der Waals surface area contributed by atoms with E-state index in [2.05, 4.69) is 47.5 Å². The molecule has 3 rings (SSSR count). The molecule has 1 amide bonds. The molecule has 0 aromatic heterocycles. The van der Waals surface area contributed by atoms with Crippen LogP contribution in [0.2, 0.25) is 0 Å². The van der Waals surface area contributed by atoms with E-state index in [0.29, 0.717) is 17.2 Å². The number of carbonyl (C=O) groups is 1. The molecule has 1 aromatic rings. The number of halogens is 1. The number of benzene rings is 1. The lowest BCUT2D eigenvalue weighted by atomic mass is 9.83. The summed E-state index contributed by atoms with van der Waals surface area (Å²) in [6.07, 6.45) is 6.48. The van der Waals surface area contributed by atoms with Crippen LogP contribution in [-0.2, 0) is 11.2 Å². The van der Waals surface area contributed by atoms with Crippen molar-refractivity contribution in [2.75, 3.05) is 26.2 Å². The Morgan fingerprint density at radius 2 is 2.12 bits per heavy atom. The molecule has 0 bridgehead atoms. The zero-order chi connectivity index (χ0) is 16.1. The van der Waals surface area contributed by atoms with Gasteiger partial charge in [-0.15, -0.1) is 12.4 Å². The maximum Gasteiger partial charge on any atom is 0.222 e. The number of nitrogens with one attached hydrogen (secondary N) is 1. The summed E-state index contributed by atoms with van der Waals surface area (Å²) in [6, 6.07) is 10.7. The van der Waals surface area contributed by atoms with Gasteiger partial charge in [0.25, 0.3) is 0 Å². The smallest absolute Gasteiger partial charge is 0.222 e. The van der Waals surface area contributed by atoms with Gasteiger partial charge in [0.2, 0.25) is 5.91 Å². The number of hydrogen-bond donors (Lipinski definition) is 1. The number of hydrogen-bond acceptors (Lipinski definition) is 2. The van der Waals surface area contributed by atoms with Gasteiger partial charge in [-0.25, -0.2) is 0 Å². The van der Waals surface area contributed by atoms with E-state index in [-0.39, 0.29) is 12.4 Å². The van der Waals surface area contributed by atoms with Crippen LogP contribution in [0, 0.1) is 11.3 Å².